The maximum atomic E-state index is 13.1. The normalized spacial score (nSPS) is 18.0. The van der Waals surface area contributed by atoms with Crippen molar-refractivity contribution >= 4 is 15.7 Å². The van der Waals surface area contributed by atoms with E-state index in [9.17, 15) is 13.2 Å². The molecule has 0 N–H and O–H groups in total. The highest BCUT2D eigenvalue weighted by atomic mass is 32.2. The number of amides is 1. The van der Waals surface area contributed by atoms with E-state index in [1.165, 1.54) is 0 Å². The molecule has 0 radical (unpaired) electrons. The zero-order valence-electron chi connectivity index (χ0n) is 15.7. The Morgan fingerprint density at radius 2 is 1.72 bits per heavy atom. The van der Waals surface area contributed by atoms with Crippen LogP contribution in [0.4, 0.5) is 0 Å². The highest BCUT2D eigenvalue weighted by molar-refractivity contribution is 7.92. The first kappa shape index (κ1) is 20.0. The molecule has 5 heteroatoms. The fourth-order valence-electron chi connectivity index (χ4n) is 3.49. The van der Waals surface area contributed by atoms with Gasteiger partial charge in [-0.15, -0.1) is 0 Å². The maximum absolute atomic E-state index is 13.1. The summed E-state index contributed by atoms with van der Waals surface area (Å²) in [7, 11) is -3.52. The van der Waals surface area contributed by atoms with E-state index >= 15 is 0 Å². The van der Waals surface area contributed by atoms with Crippen LogP contribution in [0.3, 0.4) is 0 Å². The first-order valence-corrected chi connectivity index (χ1v) is 11.0. The molecule has 1 heterocycles. The molecule has 25 heavy (non-hydrogen) atoms. The number of likely N-dealkylation sites (tertiary alicyclic amines) is 1. The van der Waals surface area contributed by atoms with Gasteiger partial charge in [0.05, 0.1) is 16.1 Å². The number of unbranched alkanes of at least 4 members (excludes halogenated alkanes) is 1. The molecule has 0 aliphatic carbocycles. The lowest BCUT2D eigenvalue weighted by Gasteiger charge is -2.32. The number of hydrogen-bond donors (Lipinski definition) is 0. The van der Waals surface area contributed by atoms with E-state index in [0.717, 1.165) is 50.8 Å². The van der Waals surface area contributed by atoms with Crippen molar-refractivity contribution in [1.29, 1.82) is 0 Å². The maximum Gasteiger partial charge on any atom is 0.226 e. The van der Waals surface area contributed by atoms with Crippen molar-refractivity contribution in [3.05, 3.63) is 29.8 Å². The highest BCUT2D eigenvalue weighted by Crippen LogP contribution is 2.28. The van der Waals surface area contributed by atoms with Crippen LogP contribution in [0, 0.1) is 12.8 Å². The van der Waals surface area contributed by atoms with Gasteiger partial charge in [0, 0.05) is 13.1 Å². The fraction of sp³-hybridized carbons (Fsp3) is 0.650. The molecule has 1 aliphatic heterocycles. The van der Waals surface area contributed by atoms with E-state index in [1.54, 1.807) is 19.1 Å². The van der Waals surface area contributed by atoms with Crippen molar-refractivity contribution in [2.75, 3.05) is 13.1 Å². The Hall–Kier alpha value is -1.36. The molecule has 1 aromatic rings. The molecular weight excluding hydrogens is 334 g/mol. The van der Waals surface area contributed by atoms with Gasteiger partial charge in [0.2, 0.25) is 5.91 Å². The Balaban J connectivity index is 2.25. The topological polar surface area (TPSA) is 54.5 Å². The Bertz CT molecular complexity index is 661. The van der Waals surface area contributed by atoms with Crippen LogP contribution < -0.4 is 0 Å². The number of rotatable bonds is 7. The van der Waals surface area contributed by atoms with Crippen LogP contribution in [0.15, 0.2) is 29.2 Å². The van der Waals surface area contributed by atoms with Gasteiger partial charge in [0.1, 0.15) is 0 Å². The first-order chi connectivity index (χ1) is 11.9. The number of carbonyl (C=O) groups excluding carboxylic acids is 1. The molecule has 1 unspecified atom stereocenters. The fourth-order valence-corrected chi connectivity index (χ4v) is 5.12. The zero-order valence-corrected chi connectivity index (χ0v) is 16.5. The number of nitrogens with zero attached hydrogens (tertiary/aromatic N) is 1. The molecule has 1 amide bonds. The van der Waals surface area contributed by atoms with Gasteiger partial charge in [0.25, 0.3) is 0 Å². The molecular formula is C20H31NO3S. The quantitative estimate of drug-likeness (QED) is 0.734. The smallest absolute Gasteiger partial charge is 0.226 e. The number of sulfone groups is 1. The lowest BCUT2D eigenvalue weighted by Crippen LogP contribution is -2.44. The highest BCUT2D eigenvalue weighted by Gasteiger charge is 2.37. The SMILES string of the molecule is CCCC[C@@H](C(=O)N1CCCCC1)C(C)S(=O)(=O)c1ccc(C)cc1. The Morgan fingerprint density at radius 1 is 1.12 bits per heavy atom. The van der Waals surface area contributed by atoms with E-state index < -0.39 is 21.0 Å². The van der Waals surface area contributed by atoms with E-state index in [1.807, 2.05) is 24.0 Å². The van der Waals surface area contributed by atoms with Crippen LogP contribution in [-0.4, -0.2) is 37.6 Å². The van der Waals surface area contributed by atoms with E-state index in [-0.39, 0.29) is 5.91 Å². The monoisotopic (exact) mass is 365 g/mol. The third-order valence-electron chi connectivity index (χ3n) is 5.26. The van der Waals surface area contributed by atoms with Crippen molar-refractivity contribution in [2.45, 2.75) is 69.4 Å². The summed E-state index contributed by atoms with van der Waals surface area (Å²) in [5, 5.41) is -0.698. The third-order valence-corrected chi connectivity index (χ3v) is 7.50. The second kappa shape index (κ2) is 8.84. The summed E-state index contributed by atoms with van der Waals surface area (Å²) in [4.78, 5) is 15.2. The minimum atomic E-state index is -3.52. The molecule has 1 aromatic carbocycles. The van der Waals surface area contributed by atoms with Gasteiger partial charge in [-0.1, -0.05) is 37.5 Å². The van der Waals surface area contributed by atoms with Crippen molar-refractivity contribution in [3.8, 4) is 0 Å². The average Bonchev–Trinajstić information content (AvgIpc) is 2.62. The molecule has 0 aromatic heterocycles. The van der Waals surface area contributed by atoms with Crippen molar-refractivity contribution in [2.24, 2.45) is 5.92 Å². The van der Waals surface area contributed by atoms with E-state index in [4.69, 9.17) is 0 Å². The summed E-state index contributed by atoms with van der Waals surface area (Å²) in [6.07, 6.45) is 5.66. The summed E-state index contributed by atoms with van der Waals surface area (Å²) in [6.45, 7) is 7.24. The molecule has 4 nitrogen and oxygen atoms in total. The first-order valence-electron chi connectivity index (χ1n) is 9.47. The molecule has 140 valence electrons. The van der Waals surface area contributed by atoms with Crippen LogP contribution in [-0.2, 0) is 14.6 Å². The van der Waals surface area contributed by atoms with Gasteiger partial charge in [-0.3, -0.25) is 4.79 Å². The zero-order chi connectivity index (χ0) is 18.4. The number of aryl methyl sites for hydroxylation is 1. The van der Waals surface area contributed by atoms with Crippen LogP contribution in [0.5, 0.6) is 0 Å². The molecule has 1 saturated heterocycles. The molecule has 0 bridgehead atoms. The minimum Gasteiger partial charge on any atom is -0.342 e. The van der Waals surface area contributed by atoms with Crippen molar-refractivity contribution in [1.82, 2.24) is 4.90 Å². The largest absolute Gasteiger partial charge is 0.342 e. The third kappa shape index (κ3) is 4.84. The van der Waals surface area contributed by atoms with Gasteiger partial charge in [-0.25, -0.2) is 8.42 Å². The second-order valence-electron chi connectivity index (χ2n) is 7.20. The van der Waals surface area contributed by atoms with Crippen LogP contribution >= 0.6 is 0 Å². The van der Waals surface area contributed by atoms with Crippen molar-refractivity contribution in [3.63, 3.8) is 0 Å². The summed E-state index contributed by atoms with van der Waals surface area (Å²) in [5.41, 5.74) is 1.03. The number of benzene rings is 1. The lowest BCUT2D eigenvalue weighted by molar-refractivity contribution is -0.136. The standard InChI is InChI=1S/C20H31NO3S/c1-4-5-9-19(20(22)21-14-7-6-8-15-21)17(3)25(23,24)18-12-10-16(2)11-13-18/h10-13,17,19H,4-9,14-15H2,1-3H3/t17?,19-/m1/s1. The predicted molar refractivity (Wildman–Crippen MR) is 101 cm³/mol. The molecule has 2 atom stereocenters. The summed E-state index contributed by atoms with van der Waals surface area (Å²) in [5.74, 6) is -0.430. The van der Waals surface area contributed by atoms with Gasteiger partial charge >= 0.3 is 0 Å². The number of hydrogen-bond acceptors (Lipinski definition) is 3. The van der Waals surface area contributed by atoms with Crippen LogP contribution in [0.1, 0.15) is 57.9 Å². The molecule has 1 aliphatic rings. The average molecular weight is 366 g/mol. The van der Waals surface area contributed by atoms with Crippen molar-refractivity contribution < 1.29 is 13.2 Å². The number of carbonyl (C=O) groups is 1. The van der Waals surface area contributed by atoms with Gasteiger partial charge in [0.15, 0.2) is 9.84 Å². The molecule has 0 saturated carbocycles. The van der Waals surface area contributed by atoms with Gasteiger partial charge in [-0.2, -0.15) is 0 Å². The summed E-state index contributed by atoms with van der Waals surface area (Å²) >= 11 is 0. The summed E-state index contributed by atoms with van der Waals surface area (Å²) < 4.78 is 26.1. The van der Waals surface area contributed by atoms with Crippen LogP contribution in [0.25, 0.3) is 0 Å². The Morgan fingerprint density at radius 3 is 2.28 bits per heavy atom. The number of piperidine rings is 1. The van der Waals surface area contributed by atoms with Crippen LogP contribution in [0.2, 0.25) is 0 Å². The Kier molecular flexibility index (Phi) is 7.05. The minimum absolute atomic E-state index is 0.0244. The van der Waals surface area contributed by atoms with E-state index in [0.29, 0.717) is 11.3 Å². The van der Waals surface area contributed by atoms with Gasteiger partial charge < -0.3 is 4.90 Å². The second-order valence-corrected chi connectivity index (χ2v) is 9.50. The predicted octanol–water partition coefficient (Wildman–Crippen LogP) is 3.98. The molecule has 0 spiro atoms. The van der Waals surface area contributed by atoms with E-state index in [2.05, 4.69) is 6.92 Å². The Labute approximate surface area is 152 Å². The molecule has 2 rings (SSSR count). The summed E-state index contributed by atoms with van der Waals surface area (Å²) in [6, 6.07) is 6.94. The lowest BCUT2D eigenvalue weighted by atomic mass is 9.96. The van der Waals surface area contributed by atoms with Gasteiger partial charge in [-0.05, 0) is 51.7 Å². The molecule has 1 fully saturated rings.